The molecule has 1 saturated heterocycles. The van der Waals surface area contributed by atoms with Crippen molar-refractivity contribution in [2.24, 2.45) is 0 Å². The van der Waals surface area contributed by atoms with Crippen LogP contribution in [-0.2, 0) is 14.9 Å². The predicted molar refractivity (Wildman–Crippen MR) is 130 cm³/mol. The SMILES string of the molecule is CC(C)(C)OC(=O)N1CCCN(CCN2c3ccccc3N(c3ccc(F)cc3F)S2(=O)=O)CC1. The van der Waals surface area contributed by atoms with E-state index in [2.05, 4.69) is 4.90 Å². The van der Waals surface area contributed by atoms with Crippen molar-refractivity contribution in [1.82, 2.24) is 9.80 Å². The van der Waals surface area contributed by atoms with Crippen LogP contribution >= 0.6 is 0 Å². The van der Waals surface area contributed by atoms with Crippen molar-refractivity contribution in [2.75, 3.05) is 47.9 Å². The lowest BCUT2D eigenvalue weighted by atomic mass is 10.2. The van der Waals surface area contributed by atoms with E-state index in [-0.39, 0.29) is 18.3 Å². The number of hydrogen-bond acceptors (Lipinski definition) is 5. The number of ether oxygens (including phenoxy) is 1. The van der Waals surface area contributed by atoms with Gasteiger partial charge < -0.3 is 9.64 Å². The fourth-order valence-electron chi connectivity index (χ4n) is 4.27. The maximum atomic E-state index is 14.6. The van der Waals surface area contributed by atoms with Gasteiger partial charge in [-0.25, -0.2) is 22.2 Å². The van der Waals surface area contributed by atoms with Gasteiger partial charge in [-0.2, -0.15) is 8.42 Å². The smallest absolute Gasteiger partial charge is 0.410 e. The number of fused-ring (bicyclic) bond motifs is 1. The Bertz CT molecular complexity index is 1200. The maximum absolute atomic E-state index is 14.6. The van der Waals surface area contributed by atoms with Gasteiger partial charge in [-0.15, -0.1) is 0 Å². The number of halogens is 2. The third kappa shape index (κ3) is 5.35. The number of benzene rings is 2. The molecule has 0 aliphatic carbocycles. The lowest BCUT2D eigenvalue weighted by molar-refractivity contribution is 0.0258. The lowest BCUT2D eigenvalue weighted by Crippen LogP contribution is -2.42. The Kier molecular flexibility index (Phi) is 6.92. The Morgan fingerprint density at radius 3 is 2.34 bits per heavy atom. The second kappa shape index (κ2) is 9.62. The van der Waals surface area contributed by atoms with E-state index < -0.39 is 27.4 Å². The Morgan fingerprint density at radius 2 is 1.66 bits per heavy atom. The molecule has 0 unspecified atom stereocenters. The molecule has 2 aliphatic heterocycles. The molecule has 190 valence electrons. The minimum atomic E-state index is -4.14. The van der Waals surface area contributed by atoms with Gasteiger partial charge in [0.2, 0.25) is 0 Å². The molecule has 0 radical (unpaired) electrons. The van der Waals surface area contributed by atoms with Crippen molar-refractivity contribution >= 4 is 33.4 Å². The van der Waals surface area contributed by atoms with Gasteiger partial charge in [0, 0.05) is 38.8 Å². The summed E-state index contributed by atoms with van der Waals surface area (Å²) in [5, 5.41) is 0. The molecular weight excluding hydrogens is 478 g/mol. The highest BCUT2D eigenvalue weighted by Crippen LogP contribution is 2.45. The first kappa shape index (κ1) is 25.2. The van der Waals surface area contributed by atoms with Crippen LogP contribution in [0.4, 0.5) is 30.6 Å². The highest BCUT2D eigenvalue weighted by molar-refractivity contribution is 7.95. The summed E-state index contributed by atoms with van der Waals surface area (Å²) in [5.74, 6) is -1.74. The van der Waals surface area contributed by atoms with Gasteiger partial charge in [-0.3, -0.25) is 4.90 Å². The van der Waals surface area contributed by atoms with Crippen molar-refractivity contribution in [3.05, 3.63) is 54.1 Å². The van der Waals surface area contributed by atoms with Crippen LogP contribution in [-0.4, -0.2) is 69.2 Å². The molecule has 11 heteroatoms. The average Bonchev–Trinajstić information content (AvgIpc) is 2.89. The first-order chi connectivity index (χ1) is 16.5. The van der Waals surface area contributed by atoms with E-state index in [1.807, 2.05) is 20.8 Å². The van der Waals surface area contributed by atoms with Crippen LogP contribution in [0, 0.1) is 11.6 Å². The lowest BCUT2D eigenvalue weighted by Gasteiger charge is -2.27. The fourth-order valence-corrected chi connectivity index (χ4v) is 5.98. The number of hydrogen-bond donors (Lipinski definition) is 0. The van der Waals surface area contributed by atoms with E-state index in [0.717, 1.165) is 22.9 Å². The maximum Gasteiger partial charge on any atom is 0.410 e. The number of carbonyl (C=O) groups is 1. The number of para-hydroxylation sites is 2. The fraction of sp³-hybridized carbons (Fsp3) is 0.458. The second-order valence-electron chi connectivity index (χ2n) is 9.59. The average molecular weight is 509 g/mol. The summed E-state index contributed by atoms with van der Waals surface area (Å²) in [6.45, 7) is 8.36. The van der Waals surface area contributed by atoms with E-state index in [0.29, 0.717) is 50.2 Å². The molecule has 35 heavy (non-hydrogen) atoms. The monoisotopic (exact) mass is 508 g/mol. The Labute approximate surface area is 204 Å². The normalized spacial score (nSPS) is 18.4. The molecule has 0 atom stereocenters. The third-order valence-electron chi connectivity index (χ3n) is 5.87. The number of amides is 1. The van der Waals surface area contributed by atoms with Crippen LogP contribution in [0.3, 0.4) is 0 Å². The first-order valence-electron chi connectivity index (χ1n) is 11.5. The highest BCUT2D eigenvalue weighted by Gasteiger charge is 2.42. The molecule has 4 rings (SSSR count). The van der Waals surface area contributed by atoms with E-state index in [9.17, 15) is 22.0 Å². The molecule has 0 aromatic heterocycles. The summed E-state index contributed by atoms with van der Waals surface area (Å²) >= 11 is 0. The van der Waals surface area contributed by atoms with Crippen LogP contribution in [0.25, 0.3) is 0 Å². The van der Waals surface area contributed by atoms with Crippen molar-refractivity contribution < 1.29 is 26.7 Å². The number of anilines is 3. The van der Waals surface area contributed by atoms with E-state index >= 15 is 0 Å². The molecule has 2 aromatic rings. The van der Waals surface area contributed by atoms with E-state index in [1.54, 1.807) is 29.2 Å². The summed E-state index contributed by atoms with van der Waals surface area (Å²) in [7, 11) is -4.14. The van der Waals surface area contributed by atoms with Crippen molar-refractivity contribution in [1.29, 1.82) is 0 Å². The zero-order valence-corrected chi connectivity index (χ0v) is 20.9. The molecule has 8 nitrogen and oxygen atoms in total. The summed E-state index contributed by atoms with van der Waals surface area (Å²) in [6.07, 6.45) is 0.377. The molecule has 1 amide bonds. The summed E-state index contributed by atoms with van der Waals surface area (Å²) in [4.78, 5) is 16.2. The highest BCUT2D eigenvalue weighted by atomic mass is 32.2. The van der Waals surface area contributed by atoms with Gasteiger partial charge in [-0.1, -0.05) is 12.1 Å². The standard InChI is InChI=1S/C24H30F2N4O4S/c1-24(2,3)34-23(31)28-12-6-11-27(13-15-28)14-16-29-21-7-4-5-8-22(21)30(35(29,32)33)20-10-9-18(25)17-19(20)26/h4-5,7-10,17H,6,11-16H2,1-3H3. The van der Waals surface area contributed by atoms with Crippen LogP contribution in [0.5, 0.6) is 0 Å². The van der Waals surface area contributed by atoms with Gasteiger partial charge in [0.25, 0.3) is 0 Å². The van der Waals surface area contributed by atoms with Gasteiger partial charge in [0.1, 0.15) is 11.4 Å². The topological polar surface area (TPSA) is 73.4 Å². The van der Waals surface area contributed by atoms with E-state index in [4.69, 9.17) is 4.74 Å². The molecular formula is C24H30F2N4O4S. The number of nitrogens with zero attached hydrogens (tertiary/aromatic N) is 4. The quantitative estimate of drug-likeness (QED) is 0.622. The van der Waals surface area contributed by atoms with Crippen LogP contribution in [0.1, 0.15) is 27.2 Å². The number of carbonyl (C=O) groups excluding carboxylic acids is 1. The minimum Gasteiger partial charge on any atom is -0.444 e. The Balaban J connectivity index is 1.49. The van der Waals surface area contributed by atoms with Gasteiger partial charge in [0.05, 0.1) is 17.1 Å². The summed E-state index contributed by atoms with van der Waals surface area (Å²) < 4.78 is 62.7. The molecule has 0 N–H and O–H groups in total. The molecule has 0 bridgehead atoms. The van der Waals surface area contributed by atoms with Crippen molar-refractivity contribution in [2.45, 2.75) is 32.8 Å². The van der Waals surface area contributed by atoms with Crippen LogP contribution < -0.4 is 8.61 Å². The first-order valence-corrected chi connectivity index (χ1v) is 12.9. The molecule has 1 fully saturated rings. The minimum absolute atomic E-state index is 0.144. The largest absolute Gasteiger partial charge is 0.444 e. The molecule has 0 spiro atoms. The predicted octanol–water partition coefficient (Wildman–Crippen LogP) is 4.11. The second-order valence-corrected chi connectivity index (χ2v) is 11.3. The zero-order chi connectivity index (χ0) is 25.4. The van der Waals surface area contributed by atoms with Crippen molar-refractivity contribution in [3.8, 4) is 0 Å². The van der Waals surface area contributed by atoms with Gasteiger partial charge in [-0.05, 0) is 58.0 Å². The van der Waals surface area contributed by atoms with Crippen LogP contribution in [0.15, 0.2) is 42.5 Å². The Hall–Kier alpha value is -2.92. The zero-order valence-electron chi connectivity index (χ0n) is 20.1. The Morgan fingerprint density at radius 1 is 0.943 bits per heavy atom. The molecule has 2 aliphatic rings. The van der Waals surface area contributed by atoms with Crippen LogP contribution in [0.2, 0.25) is 0 Å². The summed E-state index contributed by atoms with van der Waals surface area (Å²) in [6, 6.07) is 9.49. The number of rotatable bonds is 4. The molecule has 2 heterocycles. The van der Waals surface area contributed by atoms with Gasteiger partial charge >= 0.3 is 16.3 Å². The molecule has 2 aromatic carbocycles. The third-order valence-corrected chi connectivity index (χ3v) is 7.66. The van der Waals surface area contributed by atoms with Crippen molar-refractivity contribution in [3.63, 3.8) is 0 Å². The molecule has 0 saturated carbocycles. The van der Waals surface area contributed by atoms with Gasteiger partial charge in [0.15, 0.2) is 5.82 Å². The van der Waals surface area contributed by atoms with E-state index in [1.165, 1.54) is 4.31 Å². The summed E-state index contributed by atoms with van der Waals surface area (Å²) in [5.41, 5.74) is -0.0632.